The number of hydrogen-bond donors (Lipinski definition) is 1. The Balaban J connectivity index is 1.27. The van der Waals surface area contributed by atoms with Crippen LogP contribution in [0.1, 0.15) is 24.8 Å². The third kappa shape index (κ3) is 4.62. The molecule has 6 nitrogen and oxygen atoms in total. The number of rotatable bonds is 6. The summed E-state index contributed by atoms with van der Waals surface area (Å²) in [5.41, 5.74) is 2.44. The van der Waals surface area contributed by atoms with Gasteiger partial charge in [-0.1, -0.05) is 23.7 Å². The highest BCUT2D eigenvalue weighted by molar-refractivity contribution is 6.30. The number of pyridine rings is 1. The van der Waals surface area contributed by atoms with E-state index in [9.17, 15) is 4.79 Å². The SMILES string of the molecule is O=C(CC1CCCN(c2nc3ncccc3o2)C1)NCCc1cccc(Cl)c1. The van der Waals surface area contributed by atoms with Crippen LogP contribution in [0, 0.1) is 5.92 Å². The van der Waals surface area contributed by atoms with E-state index in [4.69, 9.17) is 16.0 Å². The van der Waals surface area contributed by atoms with E-state index in [1.165, 1.54) is 0 Å². The molecule has 1 atom stereocenters. The summed E-state index contributed by atoms with van der Waals surface area (Å²) in [6.45, 7) is 2.28. The zero-order valence-electron chi connectivity index (χ0n) is 15.6. The van der Waals surface area contributed by atoms with Crippen molar-refractivity contribution in [2.24, 2.45) is 5.92 Å². The molecule has 0 aliphatic carbocycles. The molecule has 1 unspecified atom stereocenters. The summed E-state index contributed by atoms with van der Waals surface area (Å²) in [6, 6.07) is 12.0. The molecule has 1 aliphatic heterocycles. The van der Waals surface area contributed by atoms with E-state index in [1.54, 1.807) is 6.20 Å². The molecule has 1 aromatic carbocycles. The van der Waals surface area contributed by atoms with Gasteiger partial charge >= 0.3 is 0 Å². The van der Waals surface area contributed by atoms with Crippen LogP contribution in [0.25, 0.3) is 11.2 Å². The first-order valence-electron chi connectivity index (χ1n) is 9.65. The van der Waals surface area contributed by atoms with Gasteiger partial charge in [0.25, 0.3) is 6.01 Å². The third-order valence-electron chi connectivity index (χ3n) is 5.04. The first-order chi connectivity index (χ1) is 13.7. The van der Waals surface area contributed by atoms with Gasteiger partial charge in [0.15, 0.2) is 5.58 Å². The lowest BCUT2D eigenvalue weighted by Gasteiger charge is -2.31. The van der Waals surface area contributed by atoms with Crippen molar-refractivity contribution >= 4 is 34.8 Å². The van der Waals surface area contributed by atoms with Crippen molar-refractivity contribution in [1.82, 2.24) is 15.3 Å². The van der Waals surface area contributed by atoms with E-state index in [-0.39, 0.29) is 5.91 Å². The van der Waals surface area contributed by atoms with Crippen LogP contribution in [0.4, 0.5) is 6.01 Å². The maximum atomic E-state index is 12.3. The lowest BCUT2D eigenvalue weighted by molar-refractivity contribution is -0.122. The minimum Gasteiger partial charge on any atom is -0.422 e. The van der Waals surface area contributed by atoms with Gasteiger partial charge in [-0.05, 0) is 55.0 Å². The highest BCUT2D eigenvalue weighted by atomic mass is 35.5. The standard InChI is InChI=1S/C21H23ClN4O2/c22-17-6-1-4-15(12-17)8-10-23-19(27)13-16-5-3-11-26(14-16)21-25-20-18(28-21)7-2-9-24-20/h1-2,4,6-7,9,12,16H,3,5,8,10-11,13-14H2,(H,23,27). The first kappa shape index (κ1) is 18.7. The maximum Gasteiger partial charge on any atom is 0.299 e. The molecular formula is C21H23ClN4O2. The number of carbonyl (C=O) groups is 1. The molecule has 4 rings (SSSR count). The minimum atomic E-state index is 0.0908. The Morgan fingerprint density at radius 3 is 3.11 bits per heavy atom. The van der Waals surface area contributed by atoms with Crippen molar-refractivity contribution < 1.29 is 9.21 Å². The lowest BCUT2D eigenvalue weighted by Crippen LogP contribution is -2.38. The second-order valence-corrected chi connectivity index (χ2v) is 7.65. The second-order valence-electron chi connectivity index (χ2n) is 7.21. The highest BCUT2D eigenvalue weighted by Gasteiger charge is 2.25. The van der Waals surface area contributed by atoms with Crippen molar-refractivity contribution in [3.8, 4) is 0 Å². The summed E-state index contributed by atoms with van der Waals surface area (Å²) in [7, 11) is 0. The number of anilines is 1. The summed E-state index contributed by atoms with van der Waals surface area (Å²) < 4.78 is 5.83. The van der Waals surface area contributed by atoms with Gasteiger partial charge in [-0.15, -0.1) is 0 Å². The number of nitrogens with zero attached hydrogens (tertiary/aromatic N) is 3. The number of hydrogen-bond acceptors (Lipinski definition) is 5. The summed E-state index contributed by atoms with van der Waals surface area (Å²) in [4.78, 5) is 23.2. The summed E-state index contributed by atoms with van der Waals surface area (Å²) in [5, 5.41) is 3.75. The fraction of sp³-hybridized carbons (Fsp3) is 0.381. The molecular weight excluding hydrogens is 376 g/mol. The smallest absolute Gasteiger partial charge is 0.299 e. The number of aromatic nitrogens is 2. The summed E-state index contributed by atoms with van der Waals surface area (Å²) in [6.07, 6.45) is 5.06. The number of halogens is 1. The topological polar surface area (TPSA) is 71.3 Å². The predicted molar refractivity (Wildman–Crippen MR) is 110 cm³/mol. The zero-order chi connectivity index (χ0) is 19.3. The average Bonchev–Trinajstić information content (AvgIpc) is 3.13. The van der Waals surface area contributed by atoms with Crippen LogP contribution in [0.15, 0.2) is 47.0 Å². The number of fused-ring (bicyclic) bond motifs is 1. The molecule has 2 aromatic heterocycles. The van der Waals surface area contributed by atoms with Crippen LogP contribution < -0.4 is 10.2 Å². The number of benzene rings is 1. The summed E-state index contributed by atoms with van der Waals surface area (Å²) >= 11 is 6.00. The van der Waals surface area contributed by atoms with Crippen molar-refractivity contribution in [3.63, 3.8) is 0 Å². The Morgan fingerprint density at radius 1 is 1.32 bits per heavy atom. The average molecular weight is 399 g/mol. The second kappa shape index (κ2) is 8.61. The van der Waals surface area contributed by atoms with Crippen molar-refractivity contribution in [1.29, 1.82) is 0 Å². The van der Waals surface area contributed by atoms with Crippen LogP contribution in [-0.4, -0.2) is 35.5 Å². The fourth-order valence-corrected chi connectivity index (χ4v) is 3.88. The van der Waals surface area contributed by atoms with Gasteiger partial charge in [-0.3, -0.25) is 4.79 Å². The van der Waals surface area contributed by atoms with Gasteiger partial charge in [0, 0.05) is 37.3 Å². The quantitative estimate of drug-likeness (QED) is 0.683. The number of nitrogens with one attached hydrogen (secondary N) is 1. The van der Waals surface area contributed by atoms with Crippen molar-refractivity contribution in [2.75, 3.05) is 24.5 Å². The van der Waals surface area contributed by atoms with Gasteiger partial charge in [0.1, 0.15) is 0 Å². The van der Waals surface area contributed by atoms with Gasteiger partial charge < -0.3 is 14.6 Å². The molecule has 0 radical (unpaired) electrons. The molecule has 1 aliphatic rings. The van der Waals surface area contributed by atoms with E-state index in [0.29, 0.717) is 36.1 Å². The molecule has 1 N–H and O–H groups in total. The Bertz CT molecular complexity index is 925. The highest BCUT2D eigenvalue weighted by Crippen LogP contribution is 2.26. The Hall–Kier alpha value is -2.60. The third-order valence-corrected chi connectivity index (χ3v) is 5.28. The maximum absolute atomic E-state index is 12.3. The monoisotopic (exact) mass is 398 g/mol. The molecule has 0 spiro atoms. The molecule has 1 fully saturated rings. The van der Waals surface area contributed by atoms with Gasteiger partial charge in [0.2, 0.25) is 11.6 Å². The fourth-order valence-electron chi connectivity index (χ4n) is 3.67. The lowest BCUT2D eigenvalue weighted by atomic mass is 9.94. The zero-order valence-corrected chi connectivity index (χ0v) is 16.4. The van der Waals surface area contributed by atoms with Gasteiger partial charge in [0.05, 0.1) is 0 Å². The van der Waals surface area contributed by atoms with E-state index in [0.717, 1.165) is 42.9 Å². The molecule has 1 amide bonds. The van der Waals surface area contributed by atoms with Gasteiger partial charge in [-0.25, -0.2) is 4.98 Å². The molecule has 146 valence electrons. The molecule has 0 saturated carbocycles. The normalized spacial score (nSPS) is 17.0. The Labute approximate surface area is 168 Å². The van der Waals surface area contributed by atoms with Crippen LogP contribution in [-0.2, 0) is 11.2 Å². The van der Waals surface area contributed by atoms with Crippen LogP contribution in [0.2, 0.25) is 5.02 Å². The minimum absolute atomic E-state index is 0.0908. The van der Waals surface area contributed by atoms with E-state index in [1.807, 2.05) is 36.4 Å². The van der Waals surface area contributed by atoms with Crippen LogP contribution >= 0.6 is 11.6 Å². The molecule has 3 aromatic rings. The first-order valence-corrected chi connectivity index (χ1v) is 10.0. The Kier molecular flexibility index (Phi) is 5.76. The number of piperidine rings is 1. The number of oxazole rings is 1. The van der Waals surface area contributed by atoms with Crippen LogP contribution in [0.3, 0.4) is 0 Å². The molecule has 0 bridgehead atoms. The Morgan fingerprint density at radius 2 is 2.25 bits per heavy atom. The summed E-state index contributed by atoms with van der Waals surface area (Å²) in [5.74, 6) is 0.385. The molecule has 3 heterocycles. The van der Waals surface area contributed by atoms with E-state index in [2.05, 4.69) is 20.2 Å². The van der Waals surface area contributed by atoms with Gasteiger partial charge in [-0.2, -0.15) is 4.98 Å². The van der Waals surface area contributed by atoms with Crippen molar-refractivity contribution in [2.45, 2.75) is 25.7 Å². The largest absolute Gasteiger partial charge is 0.422 e. The molecule has 7 heteroatoms. The molecule has 28 heavy (non-hydrogen) atoms. The van der Waals surface area contributed by atoms with Crippen molar-refractivity contribution in [3.05, 3.63) is 53.2 Å². The predicted octanol–water partition coefficient (Wildman–Crippen LogP) is 3.84. The van der Waals surface area contributed by atoms with Crippen LogP contribution in [0.5, 0.6) is 0 Å². The number of amides is 1. The van der Waals surface area contributed by atoms with E-state index >= 15 is 0 Å². The molecule has 1 saturated heterocycles. The number of carbonyl (C=O) groups excluding carboxylic acids is 1. The van der Waals surface area contributed by atoms with E-state index < -0.39 is 0 Å².